The third-order valence-corrected chi connectivity index (χ3v) is 4.92. The summed E-state index contributed by atoms with van der Waals surface area (Å²) in [5.74, 6) is 1.09. The fraction of sp³-hybridized carbons (Fsp3) is 0.625. The Morgan fingerprint density at radius 3 is 2.60 bits per heavy atom. The minimum absolute atomic E-state index is 0.880. The van der Waals surface area contributed by atoms with Crippen LogP contribution in [0.25, 0.3) is 0 Å². The molecule has 0 saturated heterocycles. The number of benzene rings is 1. The molecule has 0 aliphatic carbocycles. The molecule has 20 heavy (non-hydrogen) atoms. The summed E-state index contributed by atoms with van der Waals surface area (Å²) in [6, 6.07) is 6.21. The molecule has 2 nitrogen and oxygen atoms in total. The molecule has 1 aromatic carbocycles. The highest BCUT2D eigenvalue weighted by Crippen LogP contribution is 2.30. The zero-order valence-corrected chi connectivity index (χ0v) is 14.5. The van der Waals surface area contributed by atoms with Crippen LogP contribution in [0.5, 0.6) is 0 Å². The van der Waals surface area contributed by atoms with E-state index in [1.165, 1.54) is 10.5 Å². The monoisotopic (exact) mass is 314 g/mol. The summed E-state index contributed by atoms with van der Waals surface area (Å²) in [5.41, 5.74) is 1.32. The van der Waals surface area contributed by atoms with Crippen LogP contribution in [0.15, 0.2) is 23.1 Å². The molecule has 0 fully saturated rings. The average molecular weight is 315 g/mol. The van der Waals surface area contributed by atoms with E-state index in [1.807, 2.05) is 23.9 Å². The van der Waals surface area contributed by atoms with Gasteiger partial charge < -0.3 is 10.2 Å². The maximum absolute atomic E-state index is 6.36. The average Bonchev–Trinajstić information content (AvgIpc) is 2.46. The first kappa shape index (κ1) is 17.8. The largest absolute Gasteiger partial charge is 0.313 e. The van der Waals surface area contributed by atoms with Gasteiger partial charge in [-0.2, -0.15) is 0 Å². The topological polar surface area (TPSA) is 15.3 Å². The van der Waals surface area contributed by atoms with E-state index in [0.29, 0.717) is 0 Å². The lowest BCUT2D eigenvalue weighted by Gasteiger charge is -2.18. The summed E-state index contributed by atoms with van der Waals surface area (Å²) >= 11 is 8.24. The Morgan fingerprint density at radius 1 is 1.20 bits per heavy atom. The molecule has 1 N–H and O–H groups in total. The maximum atomic E-state index is 6.36. The standard InChI is InChI=1S/C16H27ClN2S/c1-4-10-18-13-14-8-7-9-15(17)16(14)20-12-11-19(5-2)6-3/h7-9,18H,4-6,10-13H2,1-3H3. The first-order chi connectivity index (χ1) is 9.72. The number of hydrogen-bond acceptors (Lipinski definition) is 3. The van der Waals surface area contributed by atoms with Gasteiger partial charge in [-0.3, -0.25) is 0 Å². The van der Waals surface area contributed by atoms with Crippen LogP contribution in [0, 0.1) is 0 Å². The number of thioether (sulfide) groups is 1. The van der Waals surface area contributed by atoms with Crippen molar-refractivity contribution in [1.29, 1.82) is 0 Å². The Kier molecular flexibility index (Phi) is 9.36. The number of halogens is 1. The van der Waals surface area contributed by atoms with Gasteiger partial charge in [0.25, 0.3) is 0 Å². The molecule has 0 bridgehead atoms. The van der Waals surface area contributed by atoms with Gasteiger partial charge >= 0.3 is 0 Å². The molecule has 0 amide bonds. The molecule has 0 radical (unpaired) electrons. The highest BCUT2D eigenvalue weighted by atomic mass is 35.5. The molecule has 0 aliphatic heterocycles. The van der Waals surface area contributed by atoms with Crippen molar-refractivity contribution in [2.24, 2.45) is 0 Å². The van der Waals surface area contributed by atoms with Gasteiger partial charge in [-0.1, -0.05) is 44.5 Å². The summed E-state index contributed by atoms with van der Waals surface area (Å²) in [4.78, 5) is 3.68. The second kappa shape index (κ2) is 10.5. The predicted octanol–water partition coefficient (Wildman–Crippen LogP) is 4.27. The molecule has 1 aromatic rings. The van der Waals surface area contributed by atoms with Crippen molar-refractivity contribution in [2.75, 3.05) is 31.9 Å². The molecule has 0 aromatic heterocycles. The van der Waals surface area contributed by atoms with Crippen molar-refractivity contribution < 1.29 is 0 Å². The van der Waals surface area contributed by atoms with Crippen molar-refractivity contribution in [2.45, 2.75) is 38.6 Å². The van der Waals surface area contributed by atoms with Crippen molar-refractivity contribution >= 4 is 23.4 Å². The molecular weight excluding hydrogens is 288 g/mol. The lowest BCUT2D eigenvalue weighted by Crippen LogP contribution is -2.25. The van der Waals surface area contributed by atoms with E-state index in [9.17, 15) is 0 Å². The van der Waals surface area contributed by atoms with Gasteiger partial charge in [0.05, 0.1) is 5.02 Å². The lowest BCUT2D eigenvalue weighted by molar-refractivity contribution is 0.324. The fourth-order valence-corrected chi connectivity index (χ4v) is 3.51. The third kappa shape index (κ3) is 6.04. The molecule has 4 heteroatoms. The molecular formula is C16H27ClN2S. The predicted molar refractivity (Wildman–Crippen MR) is 92.0 cm³/mol. The lowest BCUT2D eigenvalue weighted by atomic mass is 10.2. The number of nitrogens with one attached hydrogen (secondary N) is 1. The van der Waals surface area contributed by atoms with E-state index in [2.05, 4.69) is 37.1 Å². The summed E-state index contributed by atoms with van der Waals surface area (Å²) in [7, 11) is 0. The van der Waals surface area contributed by atoms with Crippen LogP contribution < -0.4 is 5.32 Å². The van der Waals surface area contributed by atoms with Crippen molar-refractivity contribution in [3.8, 4) is 0 Å². The zero-order valence-electron chi connectivity index (χ0n) is 12.9. The third-order valence-electron chi connectivity index (χ3n) is 3.34. The minimum atomic E-state index is 0.880. The first-order valence-corrected chi connectivity index (χ1v) is 8.92. The van der Waals surface area contributed by atoms with E-state index < -0.39 is 0 Å². The van der Waals surface area contributed by atoms with Crippen LogP contribution in [0.1, 0.15) is 32.8 Å². The van der Waals surface area contributed by atoms with Gasteiger partial charge in [0.2, 0.25) is 0 Å². The van der Waals surface area contributed by atoms with Crippen LogP contribution in [-0.2, 0) is 6.54 Å². The smallest absolute Gasteiger partial charge is 0.0545 e. The SMILES string of the molecule is CCCNCc1cccc(Cl)c1SCCN(CC)CC. The zero-order chi connectivity index (χ0) is 14.8. The minimum Gasteiger partial charge on any atom is -0.313 e. The molecule has 0 saturated carbocycles. The van der Waals surface area contributed by atoms with E-state index >= 15 is 0 Å². The van der Waals surface area contributed by atoms with Crippen molar-refractivity contribution in [1.82, 2.24) is 10.2 Å². The van der Waals surface area contributed by atoms with Crippen LogP contribution in [0.3, 0.4) is 0 Å². The number of hydrogen-bond donors (Lipinski definition) is 1. The Labute approximate surface area is 133 Å². The molecule has 0 heterocycles. The van der Waals surface area contributed by atoms with Crippen LogP contribution >= 0.6 is 23.4 Å². The van der Waals surface area contributed by atoms with Crippen molar-refractivity contribution in [3.05, 3.63) is 28.8 Å². The summed E-state index contributed by atoms with van der Waals surface area (Å²) < 4.78 is 0. The normalized spacial score (nSPS) is 11.2. The van der Waals surface area contributed by atoms with Gasteiger partial charge in [0.1, 0.15) is 0 Å². The first-order valence-electron chi connectivity index (χ1n) is 7.56. The van der Waals surface area contributed by atoms with E-state index in [1.54, 1.807) is 0 Å². The van der Waals surface area contributed by atoms with Crippen LogP contribution in [-0.4, -0.2) is 36.8 Å². The van der Waals surface area contributed by atoms with Gasteiger partial charge in [-0.25, -0.2) is 0 Å². The van der Waals surface area contributed by atoms with E-state index in [4.69, 9.17) is 11.6 Å². The van der Waals surface area contributed by atoms with E-state index in [-0.39, 0.29) is 0 Å². The molecule has 0 spiro atoms. The Bertz CT molecular complexity index is 381. The molecule has 0 atom stereocenters. The van der Waals surface area contributed by atoms with Gasteiger partial charge in [0, 0.05) is 23.7 Å². The Morgan fingerprint density at radius 2 is 1.95 bits per heavy atom. The van der Waals surface area contributed by atoms with Gasteiger partial charge in [-0.05, 0) is 37.7 Å². The Hall–Kier alpha value is -0.220. The Balaban J connectivity index is 2.58. The van der Waals surface area contributed by atoms with Crippen LogP contribution in [0.2, 0.25) is 5.02 Å². The molecule has 114 valence electrons. The molecule has 0 aliphatic rings. The fourth-order valence-electron chi connectivity index (χ4n) is 2.07. The molecule has 0 unspecified atom stereocenters. The van der Waals surface area contributed by atoms with Crippen LogP contribution in [0.4, 0.5) is 0 Å². The van der Waals surface area contributed by atoms with Gasteiger partial charge in [-0.15, -0.1) is 11.8 Å². The van der Waals surface area contributed by atoms with Gasteiger partial charge in [0.15, 0.2) is 0 Å². The summed E-state index contributed by atoms with van der Waals surface area (Å²) in [5, 5.41) is 4.34. The quantitative estimate of drug-likeness (QED) is 0.513. The summed E-state index contributed by atoms with van der Waals surface area (Å²) in [6.45, 7) is 11.9. The number of nitrogens with zero attached hydrogens (tertiary/aromatic N) is 1. The summed E-state index contributed by atoms with van der Waals surface area (Å²) in [6.07, 6.45) is 1.16. The second-order valence-electron chi connectivity index (χ2n) is 4.78. The number of rotatable bonds is 10. The van der Waals surface area contributed by atoms with E-state index in [0.717, 1.165) is 49.9 Å². The second-order valence-corrected chi connectivity index (χ2v) is 6.29. The molecule has 1 rings (SSSR count). The maximum Gasteiger partial charge on any atom is 0.0545 e. The highest BCUT2D eigenvalue weighted by Gasteiger charge is 2.08. The highest BCUT2D eigenvalue weighted by molar-refractivity contribution is 7.99. The van der Waals surface area contributed by atoms with Crippen molar-refractivity contribution in [3.63, 3.8) is 0 Å².